The largest absolute Gasteiger partial charge is 0.356 e. The maximum absolute atomic E-state index is 12.0. The molecule has 0 aliphatic carbocycles. The second kappa shape index (κ2) is 34.0. The number of carbonyl (C=O) groups excluding carboxylic acids is 1. The molecule has 0 saturated carbocycles. The van der Waals surface area contributed by atoms with Crippen molar-refractivity contribution in [2.75, 3.05) is 6.54 Å². The lowest BCUT2D eigenvalue weighted by Crippen LogP contribution is -2.23. The van der Waals surface area contributed by atoms with Crippen LogP contribution in [0, 0.1) is 0 Å². The van der Waals surface area contributed by atoms with E-state index in [9.17, 15) is 4.79 Å². The highest BCUT2D eigenvalue weighted by Gasteiger charge is 2.00. The van der Waals surface area contributed by atoms with Crippen LogP contribution in [0.1, 0.15) is 194 Å². The smallest absolute Gasteiger partial charge is 0.219 e. The normalized spacial score (nSPS) is 11.7. The van der Waals surface area contributed by atoms with E-state index >= 15 is 0 Å². The number of carbonyl (C=O) groups is 1. The third-order valence-electron chi connectivity index (χ3n) is 7.68. The molecule has 0 radical (unpaired) electrons. The molecule has 0 heterocycles. The van der Waals surface area contributed by atoms with E-state index in [2.05, 4.69) is 43.5 Å². The SMILES string of the molecule is CCCCCCCCC=CCCCCCCCC(=O)NCCCCCCCC/C=C/CCCCCCCC. The Kier molecular flexibility index (Phi) is 33.0. The predicted molar refractivity (Wildman–Crippen MR) is 172 cm³/mol. The molecule has 1 N–H and O–H groups in total. The Hall–Kier alpha value is -1.05. The van der Waals surface area contributed by atoms with Gasteiger partial charge in [-0.15, -0.1) is 0 Å². The van der Waals surface area contributed by atoms with Crippen molar-refractivity contribution in [3.63, 3.8) is 0 Å². The maximum atomic E-state index is 12.0. The topological polar surface area (TPSA) is 29.1 Å². The van der Waals surface area contributed by atoms with Gasteiger partial charge >= 0.3 is 0 Å². The van der Waals surface area contributed by atoms with Crippen LogP contribution < -0.4 is 5.32 Å². The van der Waals surface area contributed by atoms with Crippen LogP contribution in [0.25, 0.3) is 0 Å². The van der Waals surface area contributed by atoms with Crippen LogP contribution in [0.2, 0.25) is 0 Å². The molecule has 0 aromatic carbocycles. The van der Waals surface area contributed by atoms with E-state index in [-0.39, 0.29) is 5.91 Å². The van der Waals surface area contributed by atoms with Crippen molar-refractivity contribution in [3.8, 4) is 0 Å². The first-order valence-electron chi connectivity index (χ1n) is 17.4. The van der Waals surface area contributed by atoms with Gasteiger partial charge in [0.25, 0.3) is 0 Å². The van der Waals surface area contributed by atoms with Crippen molar-refractivity contribution in [1.29, 1.82) is 0 Å². The van der Waals surface area contributed by atoms with Crippen LogP contribution in [-0.2, 0) is 4.79 Å². The Morgan fingerprint density at radius 2 is 0.737 bits per heavy atom. The molecule has 0 aliphatic heterocycles. The van der Waals surface area contributed by atoms with Gasteiger partial charge in [-0.2, -0.15) is 0 Å². The molecule has 38 heavy (non-hydrogen) atoms. The highest BCUT2D eigenvalue weighted by Crippen LogP contribution is 2.11. The minimum atomic E-state index is 0.260. The Balaban J connectivity index is 3.23. The van der Waals surface area contributed by atoms with Gasteiger partial charge in [-0.05, 0) is 64.2 Å². The standard InChI is InChI=1S/C36H69NO/c1-3-5-7-9-11-13-15-17-19-21-23-25-27-29-31-33-35-37-36(38)34-32-30-28-26-24-22-20-18-16-14-12-10-8-6-4-2/h17-20H,3-16,21-35H2,1-2H3,(H,37,38)/b19-17+,20-18?. The van der Waals surface area contributed by atoms with E-state index in [1.54, 1.807) is 0 Å². The zero-order chi connectivity index (χ0) is 27.6. The van der Waals surface area contributed by atoms with E-state index in [0.717, 1.165) is 19.4 Å². The fourth-order valence-electron chi connectivity index (χ4n) is 5.05. The number of amides is 1. The third-order valence-corrected chi connectivity index (χ3v) is 7.68. The summed E-state index contributed by atoms with van der Waals surface area (Å²) >= 11 is 0. The summed E-state index contributed by atoms with van der Waals surface area (Å²) in [6.07, 6.45) is 45.8. The van der Waals surface area contributed by atoms with Crippen molar-refractivity contribution in [2.24, 2.45) is 0 Å². The quantitative estimate of drug-likeness (QED) is 0.0699. The highest BCUT2D eigenvalue weighted by atomic mass is 16.1. The summed E-state index contributed by atoms with van der Waals surface area (Å²) in [7, 11) is 0. The number of hydrogen-bond donors (Lipinski definition) is 1. The zero-order valence-corrected chi connectivity index (χ0v) is 26.2. The average Bonchev–Trinajstić information content (AvgIpc) is 2.92. The van der Waals surface area contributed by atoms with E-state index in [1.165, 1.54) is 161 Å². The summed E-state index contributed by atoms with van der Waals surface area (Å²) < 4.78 is 0. The second-order valence-electron chi connectivity index (χ2n) is 11.6. The first-order chi connectivity index (χ1) is 18.8. The maximum Gasteiger partial charge on any atom is 0.219 e. The molecule has 0 aliphatic rings. The molecule has 0 spiro atoms. The highest BCUT2D eigenvalue weighted by molar-refractivity contribution is 5.75. The van der Waals surface area contributed by atoms with E-state index < -0.39 is 0 Å². The Labute approximate surface area is 240 Å². The van der Waals surface area contributed by atoms with E-state index in [4.69, 9.17) is 0 Å². The van der Waals surface area contributed by atoms with Gasteiger partial charge in [0.15, 0.2) is 0 Å². The van der Waals surface area contributed by atoms with Gasteiger partial charge in [-0.1, -0.05) is 147 Å². The molecule has 0 rings (SSSR count). The average molecular weight is 532 g/mol. The molecule has 0 aromatic rings. The van der Waals surface area contributed by atoms with Gasteiger partial charge in [0.05, 0.1) is 0 Å². The number of rotatable bonds is 31. The lowest BCUT2D eigenvalue weighted by molar-refractivity contribution is -0.121. The molecule has 0 unspecified atom stereocenters. The van der Waals surface area contributed by atoms with Crippen LogP contribution in [0.5, 0.6) is 0 Å². The molecular formula is C36H69NO. The van der Waals surface area contributed by atoms with Crippen molar-refractivity contribution in [1.82, 2.24) is 5.32 Å². The van der Waals surface area contributed by atoms with Crippen molar-refractivity contribution in [2.45, 2.75) is 194 Å². The first-order valence-corrected chi connectivity index (χ1v) is 17.4. The second-order valence-corrected chi connectivity index (χ2v) is 11.6. The van der Waals surface area contributed by atoms with Crippen LogP contribution in [0.3, 0.4) is 0 Å². The van der Waals surface area contributed by atoms with Gasteiger partial charge in [-0.25, -0.2) is 0 Å². The molecule has 2 heteroatoms. The van der Waals surface area contributed by atoms with Crippen molar-refractivity contribution < 1.29 is 4.79 Å². The van der Waals surface area contributed by atoms with E-state index in [1.807, 2.05) is 0 Å². The Bertz CT molecular complexity index is 509. The van der Waals surface area contributed by atoms with Gasteiger partial charge < -0.3 is 5.32 Å². The monoisotopic (exact) mass is 532 g/mol. The number of unbranched alkanes of at least 4 members (excludes halogenated alkanes) is 23. The lowest BCUT2D eigenvalue weighted by atomic mass is 10.1. The van der Waals surface area contributed by atoms with Gasteiger partial charge in [0.1, 0.15) is 0 Å². The van der Waals surface area contributed by atoms with Crippen LogP contribution in [-0.4, -0.2) is 12.5 Å². The van der Waals surface area contributed by atoms with Crippen LogP contribution >= 0.6 is 0 Å². The summed E-state index contributed by atoms with van der Waals surface area (Å²) in [6.45, 7) is 5.43. The minimum absolute atomic E-state index is 0.260. The number of hydrogen-bond acceptors (Lipinski definition) is 1. The molecule has 224 valence electrons. The van der Waals surface area contributed by atoms with Gasteiger partial charge in [0.2, 0.25) is 5.91 Å². The molecule has 0 atom stereocenters. The molecule has 1 amide bonds. The summed E-state index contributed by atoms with van der Waals surface area (Å²) in [6, 6.07) is 0. The molecule has 2 nitrogen and oxygen atoms in total. The Morgan fingerprint density at radius 3 is 1.13 bits per heavy atom. The summed E-state index contributed by atoms with van der Waals surface area (Å²) in [5, 5.41) is 3.12. The van der Waals surface area contributed by atoms with Gasteiger partial charge in [-0.3, -0.25) is 4.79 Å². The van der Waals surface area contributed by atoms with Crippen LogP contribution in [0.4, 0.5) is 0 Å². The van der Waals surface area contributed by atoms with Crippen molar-refractivity contribution >= 4 is 5.91 Å². The zero-order valence-electron chi connectivity index (χ0n) is 26.2. The summed E-state index contributed by atoms with van der Waals surface area (Å²) in [5.74, 6) is 0.260. The van der Waals surface area contributed by atoms with E-state index in [0.29, 0.717) is 6.42 Å². The van der Waals surface area contributed by atoms with Gasteiger partial charge in [0, 0.05) is 13.0 Å². The molecule has 0 bridgehead atoms. The first kappa shape index (κ1) is 37.0. The number of allylic oxidation sites excluding steroid dienone is 4. The predicted octanol–water partition coefficient (Wildman–Crippen LogP) is 12.2. The minimum Gasteiger partial charge on any atom is -0.356 e. The molecule has 0 saturated heterocycles. The molecule has 0 fully saturated rings. The lowest BCUT2D eigenvalue weighted by Gasteiger charge is -2.05. The molecular weight excluding hydrogens is 462 g/mol. The summed E-state index contributed by atoms with van der Waals surface area (Å²) in [4.78, 5) is 12.0. The summed E-state index contributed by atoms with van der Waals surface area (Å²) in [5.41, 5.74) is 0. The van der Waals surface area contributed by atoms with Crippen molar-refractivity contribution in [3.05, 3.63) is 24.3 Å². The fourth-order valence-corrected chi connectivity index (χ4v) is 5.05. The Morgan fingerprint density at radius 1 is 0.421 bits per heavy atom. The van der Waals surface area contributed by atoms with Crippen LogP contribution in [0.15, 0.2) is 24.3 Å². The fraction of sp³-hybridized carbons (Fsp3) is 0.861. The third kappa shape index (κ3) is 33.0. The molecule has 0 aromatic heterocycles. The number of nitrogens with one attached hydrogen (secondary N) is 1.